The number of benzene rings is 1. The summed E-state index contributed by atoms with van der Waals surface area (Å²) in [5, 5.41) is 16.6. The van der Waals surface area contributed by atoms with Gasteiger partial charge < -0.3 is 20.7 Å². The van der Waals surface area contributed by atoms with Gasteiger partial charge in [-0.2, -0.15) is 0 Å². The molecule has 69 heavy (non-hydrogen) atoms. The quantitative estimate of drug-likeness (QED) is 0.139. The largest absolute Gasteiger partial charge is 0.382 e. The molecule has 6 heteroatoms. The molecule has 0 spiro atoms. The maximum Gasteiger partial charge on any atom is 0.143 e. The highest BCUT2D eigenvalue weighted by Gasteiger charge is 2.48. The van der Waals surface area contributed by atoms with E-state index in [1.165, 1.54) is 167 Å². The molecule has 7 rings (SSSR count). The van der Waals surface area contributed by atoms with E-state index in [0.717, 1.165) is 57.6 Å². The number of allylic oxidation sites excluding steroid dienone is 7. The number of likely N-dealkylation sites (tertiary alicyclic amines) is 1. The number of anilines is 1. The second kappa shape index (κ2) is 29.3. The maximum atomic E-state index is 6.55. The molecule has 4 unspecified atom stereocenters. The van der Waals surface area contributed by atoms with Crippen molar-refractivity contribution in [1.82, 2.24) is 20.9 Å². The molecule has 4 fully saturated rings. The second-order valence-corrected chi connectivity index (χ2v) is 21.6. The molecule has 386 valence electrons. The number of hydrogen-bond donors (Lipinski definition) is 4. The van der Waals surface area contributed by atoms with Crippen molar-refractivity contribution in [2.45, 2.75) is 220 Å². The van der Waals surface area contributed by atoms with Crippen LogP contribution in [0.4, 0.5) is 5.69 Å². The third kappa shape index (κ3) is 14.9. The fourth-order valence-electron chi connectivity index (χ4n) is 13.1. The Morgan fingerprint density at radius 2 is 1.43 bits per heavy atom. The molecule has 6 nitrogen and oxygen atoms in total. The van der Waals surface area contributed by atoms with E-state index in [4.69, 9.17) is 4.74 Å². The highest BCUT2D eigenvalue weighted by Crippen LogP contribution is 2.47. The normalized spacial score (nSPS) is 27.6. The van der Waals surface area contributed by atoms with Crippen LogP contribution in [0.2, 0.25) is 0 Å². The maximum absolute atomic E-state index is 6.55. The van der Waals surface area contributed by atoms with Crippen molar-refractivity contribution < 1.29 is 4.74 Å². The fourth-order valence-corrected chi connectivity index (χ4v) is 13.1. The fraction of sp³-hybridized carbons (Fsp3) is 0.683. The Labute approximate surface area is 424 Å². The molecule has 1 aromatic rings. The molecular formula is C63H103N5O. The lowest BCUT2D eigenvalue weighted by molar-refractivity contribution is 0.0272. The summed E-state index contributed by atoms with van der Waals surface area (Å²) in [4.78, 5) is 2.59. The molecule has 4 N–H and O–H groups in total. The van der Waals surface area contributed by atoms with E-state index in [1.54, 1.807) is 0 Å². The molecule has 3 aliphatic heterocycles. The average Bonchev–Trinajstić information content (AvgIpc) is 3.59. The number of fused-ring (bicyclic) bond motifs is 1. The zero-order valence-corrected chi connectivity index (χ0v) is 45.9. The number of hydrogen-bond acceptors (Lipinski definition) is 6. The number of piperidine rings is 1. The Morgan fingerprint density at radius 1 is 0.841 bits per heavy atom. The minimum absolute atomic E-state index is 0.00625. The van der Waals surface area contributed by atoms with Gasteiger partial charge in [-0.05, 0) is 133 Å². The zero-order valence-electron chi connectivity index (χ0n) is 45.9. The van der Waals surface area contributed by atoms with Crippen LogP contribution in [0.5, 0.6) is 0 Å². The standard InChI is InChI=1S/C55H85N5O.C6H12.C2H6/c1-10-25-43-27-24-32-50-52(43)53(59-55(39-56-50,45-28-17-14-18-29-45)46-30-19-15-20-31-46)41(6)26-23-33-51(61-9)48(13-4)44-34-35-49(40(5)11-2)47(12-3)42(7)58-54(8,57-38-44)60-36-21-16-22-37-60;1-2-4-6-5-3-1;1-2/h10-12,24-25,27,32,34-35,45-48,51,56-59H,3,7,13-23,26,28-31,33,36-39H2,1-2,4-6,8-9H3;1-6H2;1-2H3/b25-10-,40-11-,44-34+,49-35-,53-41-;;. The van der Waals surface area contributed by atoms with E-state index in [9.17, 15) is 0 Å². The van der Waals surface area contributed by atoms with Gasteiger partial charge in [0.25, 0.3) is 0 Å². The van der Waals surface area contributed by atoms with Crippen LogP contribution in [0.15, 0.2) is 89.7 Å². The highest BCUT2D eigenvalue weighted by molar-refractivity contribution is 5.85. The molecule has 0 radical (unpaired) electrons. The summed E-state index contributed by atoms with van der Waals surface area (Å²) in [5.41, 5.74) is 11.8. The Kier molecular flexibility index (Phi) is 24.0. The van der Waals surface area contributed by atoms with Crippen LogP contribution >= 0.6 is 0 Å². The van der Waals surface area contributed by atoms with Gasteiger partial charge in [0, 0.05) is 67.8 Å². The minimum atomic E-state index is -0.429. The SMILES string of the molecule is C1CCCCC1.C=CC1C(=C)NC(C)(N2CCCCC2)NC\C(C(CC)C(CCC/C(C)=C2\NC(C3CCCCC3)(C3CCCCC3)CNc3cccc(/C=C\C)c32)OC)=C/C=C1/C(C)=C\C.CC. The summed E-state index contributed by atoms with van der Waals surface area (Å²) in [5.74, 6) is 1.23. The average molecular weight is 947 g/mol. The van der Waals surface area contributed by atoms with Gasteiger partial charge >= 0.3 is 0 Å². The van der Waals surface area contributed by atoms with Gasteiger partial charge in [-0.1, -0.05) is 171 Å². The summed E-state index contributed by atoms with van der Waals surface area (Å²) in [7, 11) is 1.94. The predicted octanol–water partition coefficient (Wildman–Crippen LogP) is 16.4. The number of ether oxygens (including phenoxy) is 1. The summed E-state index contributed by atoms with van der Waals surface area (Å²) in [6.07, 6.45) is 44.1. The molecule has 3 aliphatic carbocycles. The van der Waals surface area contributed by atoms with Gasteiger partial charge in [0.2, 0.25) is 0 Å². The first kappa shape index (κ1) is 56.6. The first-order chi connectivity index (χ1) is 33.6. The van der Waals surface area contributed by atoms with Gasteiger partial charge in [-0.15, -0.1) is 6.58 Å². The second-order valence-electron chi connectivity index (χ2n) is 21.6. The van der Waals surface area contributed by atoms with Crippen molar-refractivity contribution in [2.24, 2.45) is 23.7 Å². The van der Waals surface area contributed by atoms with Gasteiger partial charge in [0.15, 0.2) is 0 Å². The Morgan fingerprint density at radius 3 is 1.99 bits per heavy atom. The van der Waals surface area contributed by atoms with Crippen molar-refractivity contribution in [2.75, 3.05) is 38.6 Å². The molecule has 3 heterocycles. The first-order valence-corrected chi connectivity index (χ1v) is 28.8. The smallest absolute Gasteiger partial charge is 0.143 e. The van der Waals surface area contributed by atoms with Crippen LogP contribution in [0.1, 0.15) is 214 Å². The van der Waals surface area contributed by atoms with Gasteiger partial charge in [-0.25, -0.2) is 0 Å². The van der Waals surface area contributed by atoms with Crippen LogP contribution in [0.25, 0.3) is 11.8 Å². The van der Waals surface area contributed by atoms with Crippen LogP contribution in [0, 0.1) is 23.7 Å². The van der Waals surface area contributed by atoms with Crippen molar-refractivity contribution >= 4 is 17.5 Å². The molecule has 1 aromatic carbocycles. The number of nitrogens with zero attached hydrogens (tertiary/aromatic N) is 1. The van der Waals surface area contributed by atoms with Gasteiger partial charge in [0.05, 0.1) is 11.6 Å². The highest BCUT2D eigenvalue weighted by atomic mass is 16.5. The lowest BCUT2D eigenvalue weighted by atomic mass is 9.64. The van der Waals surface area contributed by atoms with Crippen LogP contribution in [-0.4, -0.2) is 55.6 Å². The predicted molar refractivity (Wildman–Crippen MR) is 302 cm³/mol. The molecule has 0 bridgehead atoms. The van der Waals surface area contributed by atoms with E-state index >= 15 is 0 Å². The number of rotatable bonds is 14. The van der Waals surface area contributed by atoms with Crippen molar-refractivity contribution in [3.05, 3.63) is 101 Å². The van der Waals surface area contributed by atoms with E-state index in [-0.39, 0.29) is 23.5 Å². The van der Waals surface area contributed by atoms with E-state index in [0.29, 0.717) is 11.8 Å². The van der Waals surface area contributed by atoms with Gasteiger partial charge in [0.1, 0.15) is 5.79 Å². The van der Waals surface area contributed by atoms with Gasteiger partial charge in [-0.3, -0.25) is 10.2 Å². The number of methoxy groups -OCH3 is 1. The monoisotopic (exact) mass is 946 g/mol. The lowest BCUT2D eigenvalue weighted by Crippen LogP contribution is -2.67. The molecule has 6 aliphatic rings. The van der Waals surface area contributed by atoms with E-state index in [2.05, 4.69) is 136 Å². The Bertz CT molecular complexity index is 1850. The molecule has 0 amide bonds. The number of nitrogens with one attached hydrogen (secondary N) is 4. The third-order valence-electron chi connectivity index (χ3n) is 17.3. The Hall–Kier alpha value is -3.32. The van der Waals surface area contributed by atoms with E-state index < -0.39 is 5.79 Å². The molecule has 0 aromatic heterocycles. The lowest BCUT2D eigenvalue weighted by Gasteiger charge is -2.50. The van der Waals surface area contributed by atoms with Crippen molar-refractivity contribution in [1.29, 1.82) is 0 Å². The van der Waals surface area contributed by atoms with E-state index in [1.807, 2.05) is 21.0 Å². The van der Waals surface area contributed by atoms with Crippen LogP contribution in [0.3, 0.4) is 0 Å². The van der Waals surface area contributed by atoms with Crippen molar-refractivity contribution in [3.8, 4) is 0 Å². The summed E-state index contributed by atoms with van der Waals surface area (Å²) in [6, 6.07) is 6.89. The third-order valence-corrected chi connectivity index (χ3v) is 17.3. The topological polar surface area (TPSA) is 60.6 Å². The van der Waals surface area contributed by atoms with Crippen molar-refractivity contribution in [3.63, 3.8) is 0 Å². The molecule has 3 saturated carbocycles. The Balaban J connectivity index is 0.00000102. The van der Waals surface area contributed by atoms with Crippen LogP contribution in [-0.2, 0) is 4.74 Å². The summed E-state index contributed by atoms with van der Waals surface area (Å²) >= 11 is 0. The molecule has 1 saturated heterocycles. The van der Waals surface area contributed by atoms with Crippen LogP contribution < -0.4 is 21.3 Å². The molecular weight excluding hydrogens is 843 g/mol. The minimum Gasteiger partial charge on any atom is -0.382 e. The first-order valence-electron chi connectivity index (χ1n) is 28.8. The molecule has 4 atom stereocenters. The summed E-state index contributed by atoms with van der Waals surface area (Å²) in [6.45, 7) is 30.4. The zero-order chi connectivity index (χ0) is 49.7. The summed E-state index contributed by atoms with van der Waals surface area (Å²) < 4.78 is 6.55.